The normalized spacial score (nSPS) is 12.2. The Morgan fingerprint density at radius 2 is 1.95 bits per heavy atom. The SMILES string of the molecule is CCOC(=O)[C@@H](C)Oc1c(OC)cc(C=Nn2c(-c3cc4ccccc4o3)nc3ccccc3c2=O)c(Br)c1Cl. The summed E-state index contributed by atoms with van der Waals surface area (Å²) in [6.07, 6.45) is 0.521. The molecule has 0 aliphatic carbocycles. The molecule has 9 nitrogen and oxygen atoms in total. The lowest BCUT2D eigenvalue weighted by Gasteiger charge is -2.18. The lowest BCUT2D eigenvalue weighted by atomic mass is 10.2. The molecule has 204 valence electrons. The highest BCUT2D eigenvalue weighted by Gasteiger charge is 2.23. The van der Waals surface area contributed by atoms with Crippen LogP contribution in [0.4, 0.5) is 0 Å². The Hall–Kier alpha value is -4.15. The molecule has 0 saturated carbocycles. The summed E-state index contributed by atoms with van der Waals surface area (Å²) in [6, 6.07) is 18.0. The van der Waals surface area contributed by atoms with Crippen LogP contribution in [0.3, 0.4) is 0 Å². The van der Waals surface area contributed by atoms with Gasteiger partial charge in [-0.05, 0) is 60.1 Å². The fourth-order valence-electron chi connectivity index (χ4n) is 4.05. The molecular weight excluding hydrogens is 602 g/mol. The van der Waals surface area contributed by atoms with Crippen LogP contribution in [0.2, 0.25) is 5.02 Å². The number of carbonyl (C=O) groups is 1. The van der Waals surface area contributed by atoms with Crippen molar-refractivity contribution in [3.63, 3.8) is 0 Å². The zero-order chi connectivity index (χ0) is 28.4. The van der Waals surface area contributed by atoms with Gasteiger partial charge in [0.05, 0.1) is 30.8 Å². The molecule has 3 aromatic carbocycles. The maximum Gasteiger partial charge on any atom is 0.347 e. The van der Waals surface area contributed by atoms with Crippen molar-refractivity contribution >= 4 is 61.6 Å². The van der Waals surface area contributed by atoms with E-state index in [0.717, 1.165) is 5.39 Å². The molecule has 0 radical (unpaired) electrons. The Labute approximate surface area is 242 Å². The van der Waals surface area contributed by atoms with Crippen molar-refractivity contribution in [2.75, 3.05) is 13.7 Å². The quantitative estimate of drug-likeness (QED) is 0.144. The van der Waals surface area contributed by atoms with Crippen molar-refractivity contribution in [2.45, 2.75) is 20.0 Å². The minimum absolute atomic E-state index is 0.151. The number of ether oxygens (including phenoxy) is 3. The first-order chi connectivity index (χ1) is 19.3. The summed E-state index contributed by atoms with van der Waals surface area (Å²) in [5.41, 5.74) is 1.27. The van der Waals surface area contributed by atoms with Crippen molar-refractivity contribution in [1.29, 1.82) is 0 Å². The largest absolute Gasteiger partial charge is 0.493 e. The molecule has 5 rings (SSSR count). The summed E-state index contributed by atoms with van der Waals surface area (Å²) in [6.45, 7) is 3.48. The van der Waals surface area contributed by atoms with Gasteiger partial charge in [-0.15, -0.1) is 0 Å². The molecule has 5 aromatic rings. The fourth-order valence-corrected chi connectivity index (χ4v) is 4.69. The van der Waals surface area contributed by atoms with Gasteiger partial charge in [0.1, 0.15) is 10.6 Å². The number of halogens is 2. The topological polar surface area (TPSA) is 105 Å². The number of benzene rings is 3. The van der Waals surface area contributed by atoms with Crippen LogP contribution >= 0.6 is 27.5 Å². The van der Waals surface area contributed by atoms with E-state index in [1.54, 1.807) is 38.1 Å². The molecule has 0 amide bonds. The molecule has 0 fully saturated rings. The Balaban J connectivity index is 1.61. The first-order valence-electron chi connectivity index (χ1n) is 12.3. The zero-order valence-electron chi connectivity index (χ0n) is 21.7. The molecule has 40 heavy (non-hydrogen) atoms. The molecule has 0 N–H and O–H groups in total. The molecule has 0 aliphatic rings. The van der Waals surface area contributed by atoms with Gasteiger partial charge in [0.2, 0.25) is 5.82 Å². The minimum Gasteiger partial charge on any atom is -0.493 e. The van der Waals surface area contributed by atoms with E-state index in [2.05, 4.69) is 21.0 Å². The molecule has 0 bridgehead atoms. The Morgan fingerprint density at radius 1 is 1.20 bits per heavy atom. The lowest BCUT2D eigenvalue weighted by molar-refractivity contribution is -0.150. The third kappa shape index (κ3) is 5.20. The fraction of sp³-hybridized carbons (Fsp3) is 0.172. The summed E-state index contributed by atoms with van der Waals surface area (Å²) < 4.78 is 23.9. The smallest absolute Gasteiger partial charge is 0.347 e. The molecule has 0 spiro atoms. The van der Waals surface area contributed by atoms with Crippen LogP contribution in [0.15, 0.2) is 79.4 Å². The van der Waals surface area contributed by atoms with Gasteiger partial charge in [-0.1, -0.05) is 41.9 Å². The van der Waals surface area contributed by atoms with Gasteiger partial charge in [0.25, 0.3) is 5.56 Å². The maximum absolute atomic E-state index is 13.6. The van der Waals surface area contributed by atoms with Crippen LogP contribution in [-0.2, 0) is 9.53 Å². The number of nitrogens with zero attached hydrogens (tertiary/aromatic N) is 3. The molecule has 0 aliphatic heterocycles. The van der Waals surface area contributed by atoms with Crippen LogP contribution in [0, 0.1) is 0 Å². The van der Waals surface area contributed by atoms with E-state index in [9.17, 15) is 9.59 Å². The van der Waals surface area contributed by atoms with Crippen molar-refractivity contribution in [3.8, 4) is 23.1 Å². The molecule has 1 atom stereocenters. The van der Waals surface area contributed by atoms with Crippen LogP contribution in [-0.4, -0.2) is 41.7 Å². The number of furan rings is 1. The van der Waals surface area contributed by atoms with Crippen molar-refractivity contribution in [2.24, 2.45) is 5.10 Å². The minimum atomic E-state index is -0.925. The molecule has 11 heteroatoms. The van der Waals surface area contributed by atoms with Crippen molar-refractivity contribution in [1.82, 2.24) is 9.66 Å². The maximum atomic E-state index is 13.6. The van der Waals surface area contributed by atoms with Crippen LogP contribution in [0.1, 0.15) is 19.4 Å². The molecular formula is C29H23BrClN3O6. The number of rotatable bonds is 8. The number of fused-ring (bicyclic) bond motifs is 2. The van der Waals surface area contributed by atoms with E-state index in [4.69, 9.17) is 35.2 Å². The third-order valence-corrected chi connectivity index (χ3v) is 7.44. The third-order valence-electron chi connectivity index (χ3n) is 6.00. The summed E-state index contributed by atoms with van der Waals surface area (Å²) in [5.74, 6) is 0.485. The zero-order valence-corrected chi connectivity index (χ0v) is 24.0. The molecule has 2 heterocycles. The highest BCUT2D eigenvalue weighted by atomic mass is 79.9. The second-order valence-electron chi connectivity index (χ2n) is 8.60. The van der Waals surface area contributed by atoms with Gasteiger partial charge in [-0.25, -0.2) is 9.78 Å². The average Bonchev–Trinajstić information content (AvgIpc) is 3.40. The predicted molar refractivity (Wildman–Crippen MR) is 157 cm³/mol. The number of carbonyl (C=O) groups excluding carboxylic acids is 1. The van der Waals surface area contributed by atoms with Gasteiger partial charge in [-0.2, -0.15) is 9.78 Å². The van der Waals surface area contributed by atoms with E-state index >= 15 is 0 Å². The van der Waals surface area contributed by atoms with E-state index < -0.39 is 12.1 Å². The summed E-state index contributed by atoms with van der Waals surface area (Å²) in [7, 11) is 1.44. The first kappa shape index (κ1) is 27.4. The summed E-state index contributed by atoms with van der Waals surface area (Å²) in [5, 5.41) is 5.90. The first-order valence-corrected chi connectivity index (χ1v) is 13.4. The van der Waals surface area contributed by atoms with Crippen LogP contribution < -0.4 is 15.0 Å². The van der Waals surface area contributed by atoms with Crippen LogP contribution in [0.5, 0.6) is 11.5 Å². The van der Waals surface area contributed by atoms with Crippen LogP contribution in [0.25, 0.3) is 33.5 Å². The van der Waals surface area contributed by atoms with Crippen molar-refractivity contribution in [3.05, 3.63) is 86.1 Å². The lowest BCUT2D eigenvalue weighted by Crippen LogP contribution is -2.26. The van der Waals surface area contributed by atoms with E-state index in [1.807, 2.05) is 36.4 Å². The Morgan fingerprint density at radius 3 is 2.70 bits per heavy atom. The average molecular weight is 625 g/mol. The molecule has 0 unspecified atom stereocenters. The van der Waals surface area contributed by atoms with E-state index in [0.29, 0.717) is 32.3 Å². The summed E-state index contributed by atoms with van der Waals surface area (Å²) in [4.78, 5) is 30.4. The second-order valence-corrected chi connectivity index (χ2v) is 9.77. The highest BCUT2D eigenvalue weighted by Crippen LogP contribution is 2.42. The molecule has 0 saturated heterocycles. The predicted octanol–water partition coefficient (Wildman–Crippen LogP) is 6.45. The van der Waals surface area contributed by atoms with Gasteiger partial charge < -0.3 is 18.6 Å². The number of esters is 1. The standard InChI is InChI=1S/C29H23BrClN3O6/c1-4-38-29(36)16(2)39-26-22(37-3)14-18(24(30)25(26)31)15-32-34-27(23-13-17-9-5-8-12-21(17)40-23)33-20-11-7-6-10-19(20)28(34)35/h5-16H,4H2,1-3H3/t16-/m1/s1. The summed E-state index contributed by atoms with van der Waals surface area (Å²) >= 11 is 10.1. The number of hydrogen-bond acceptors (Lipinski definition) is 8. The number of methoxy groups -OCH3 is 1. The van der Waals surface area contributed by atoms with E-state index in [-0.39, 0.29) is 34.5 Å². The van der Waals surface area contributed by atoms with Crippen molar-refractivity contribution < 1.29 is 23.4 Å². The van der Waals surface area contributed by atoms with Gasteiger partial charge in [0.15, 0.2) is 23.4 Å². The molecule has 2 aromatic heterocycles. The van der Waals surface area contributed by atoms with Gasteiger partial charge >= 0.3 is 5.97 Å². The Kier molecular flexibility index (Phi) is 7.90. The Bertz CT molecular complexity index is 1800. The number of para-hydroxylation sites is 2. The van der Waals surface area contributed by atoms with Gasteiger partial charge in [0, 0.05) is 15.4 Å². The van der Waals surface area contributed by atoms with E-state index in [1.165, 1.54) is 18.0 Å². The van der Waals surface area contributed by atoms with Gasteiger partial charge in [-0.3, -0.25) is 4.79 Å². The number of hydrogen-bond donors (Lipinski definition) is 0. The monoisotopic (exact) mass is 623 g/mol. The number of aromatic nitrogens is 2. The second kappa shape index (κ2) is 11.5. The highest BCUT2D eigenvalue weighted by molar-refractivity contribution is 9.10.